The highest BCUT2D eigenvalue weighted by Gasteiger charge is 2.27. The van der Waals surface area contributed by atoms with Crippen molar-refractivity contribution in [2.45, 2.75) is 12.1 Å². The van der Waals surface area contributed by atoms with Crippen molar-refractivity contribution >= 4 is 27.3 Å². The van der Waals surface area contributed by atoms with Gasteiger partial charge >= 0.3 is 0 Å². The van der Waals surface area contributed by atoms with Crippen LogP contribution in [-0.2, 0) is 4.74 Å². The first kappa shape index (κ1) is 13.5. The Balaban J connectivity index is 2.07. The third-order valence-corrected chi connectivity index (χ3v) is 4.75. The molecule has 0 saturated carbocycles. The molecule has 1 fully saturated rings. The molecule has 4 nitrogen and oxygen atoms in total. The number of hydrogen-bond donors (Lipinski definition) is 2. The van der Waals surface area contributed by atoms with Gasteiger partial charge < -0.3 is 15.6 Å². The molecule has 1 aromatic heterocycles. The molecule has 1 aromatic rings. The fourth-order valence-corrected chi connectivity index (χ4v) is 3.68. The van der Waals surface area contributed by atoms with Crippen molar-refractivity contribution in [2.24, 2.45) is 5.73 Å². The number of thiophene rings is 1. The quantitative estimate of drug-likeness (QED) is 0.875. The SMILES string of the molecule is NCC(c1cc(Br)cs1)N1CCOC(CO)C1. The first-order valence-corrected chi connectivity index (χ1v) is 7.32. The lowest BCUT2D eigenvalue weighted by Crippen LogP contribution is -2.47. The van der Waals surface area contributed by atoms with Gasteiger partial charge in [0.05, 0.1) is 25.4 Å². The van der Waals surface area contributed by atoms with Gasteiger partial charge in [-0.2, -0.15) is 0 Å². The molecular weight excluding hydrogens is 304 g/mol. The van der Waals surface area contributed by atoms with Crippen molar-refractivity contribution in [3.63, 3.8) is 0 Å². The summed E-state index contributed by atoms with van der Waals surface area (Å²) < 4.78 is 6.55. The Morgan fingerprint density at radius 3 is 3.12 bits per heavy atom. The number of aliphatic hydroxyl groups excluding tert-OH is 1. The maximum atomic E-state index is 9.15. The minimum Gasteiger partial charge on any atom is -0.394 e. The number of nitrogens with two attached hydrogens (primary N) is 1. The Bertz CT molecular complexity index is 361. The van der Waals surface area contributed by atoms with E-state index in [0.717, 1.165) is 17.6 Å². The summed E-state index contributed by atoms with van der Waals surface area (Å²) in [6.07, 6.45) is -0.0822. The zero-order valence-corrected chi connectivity index (χ0v) is 11.9. The second kappa shape index (κ2) is 6.26. The summed E-state index contributed by atoms with van der Waals surface area (Å²) >= 11 is 5.18. The molecule has 1 saturated heterocycles. The molecule has 17 heavy (non-hydrogen) atoms. The monoisotopic (exact) mass is 320 g/mol. The highest BCUT2D eigenvalue weighted by molar-refractivity contribution is 9.10. The van der Waals surface area contributed by atoms with Crippen LogP contribution >= 0.6 is 27.3 Å². The van der Waals surface area contributed by atoms with Gasteiger partial charge in [0.25, 0.3) is 0 Å². The first-order valence-electron chi connectivity index (χ1n) is 5.65. The standard InChI is InChI=1S/C11H17BrN2O2S/c12-8-3-11(17-7-8)10(4-13)14-1-2-16-9(5-14)6-15/h3,7,9-10,15H,1-2,4-6,13H2. The molecule has 0 aliphatic carbocycles. The molecule has 1 aliphatic rings. The molecule has 0 aromatic carbocycles. The van der Waals surface area contributed by atoms with Gasteiger partial charge in [-0.3, -0.25) is 4.90 Å². The zero-order valence-electron chi connectivity index (χ0n) is 9.51. The lowest BCUT2D eigenvalue weighted by molar-refractivity contribution is -0.0639. The van der Waals surface area contributed by atoms with E-state index in [9.17, 15) is 0 Å². The number of aliphatic hydroxyl groups is 1. The molecule has 3 N–H and O–H groups in total. The third-order valence-electron chi connectivity index (χ3n) is 2.95. The van der Waals surface area contributed by atoms with E-state index < -0.39 is 0 Å². The summed E-state index contributed by atoms with van der Waals surface area (Å²) in [5.74, 6) is 0. The Labute approximate surface area is 113 Å². The number of rotatable bonds is 4. The van der Waals surface area contributed by atoms with Crippen LogP contribution in [0.3, 0.4) is 0 Å². The topological polar surface area (TPSA) is 58.7 Å². The van der Waals surface area contributed by atoms with Gasteiger partial charge in [0.1, 0.15) is 0 Å². The summed E-state index contributed by atoms with van der Waals surface area (Å²) in [5.41, 5.74) is 5.88. The van der Waals surface area contributed by atoms with Gasteiger partial charge in [-0.15, -0.1) is 11.3 Å². The van der Waals surface area contributed by atoms with Crippen LogP contribution in [0.1, 0.15) is 10.9 Å². The predicted molar refractivity (Wildman–Crippen MR) is 72.2 cm³/mol. The second-order valence-electron chi connectivity index (χ2n) is 4.09. The van der Waals surface area contributed by atoms with E-state index in [-0.39, 0.29) is 18.8 Å². The normalized spacial score (nSPS) is 23.8. The molecule has 2 heterocycles. The highest BCUT2D eigenvalue weighted by Crippen LogP contribution is 2.29. The summed E-state index contributed by atoms with van der Waals surface area (Å²) in [6, 6.07) is 2.34. The molecule has 1 aliphatic heterocycles. The molecule has 2 atom stereocenters. The van der Waals surface area contributed by atoms with E-state index in [1.54, 1.807) is 11.3 Å². The number of hydrogen-bond acceptors (Lipinski definition) is 5. The average molecular weight is 321 g/mol. The van der Waals surface area contributed by atoms with Crippen molar-refractivity contribution < 1.29 is 9.84 Å². The van der Waals surface area contributed by atoms with Crippen LogP contribution in [0.25, 0.3) is 0 Å². The lowest BCUT2D eigenvalue weighted by atomic mass is 10.1. The summed E-state index contributed by atoms with van der Waals surface area (Å²) in [6.45, 7) is 2.93. The average Bonchev–Trinajstić information content (AvgIpc) is 2.77. The van der Waals surface area contributed by atoms with Crippen molar-refractivity contribution in [2.75, 3.05) is 32.8 Å². The Morgan fingerprint density at radius 1 is 1.71 bits per heavy atom. The van der Waals surface area contributed by atoms with Gasteiger partial charge in [-0.25, -0.2) is 0 Å². The largest absolute Gasteiger partial charge is 0.394 e. The second-order valence-corrected chi connectivity index (χ2v) is 5.95. The Kier molecular flexibility index (Phi) is 4.96. The van der Waals surface area contributed by atoms with Crippen LogP contribution < -0.4 is 5.73 Å². The van der Waals surface area contributed by atoms with Crippen LogP contribution in [-0.4, -0.2) is 49.0 Å². The molecular formula is C11H17BrN2O2S. The summed E-state index contributed by atoms with van der Waals surface area (Å²) in [5, 5.41) is 11.2. The molecule has 0 bridgehead atoms. The molecule has 2 rings (SSSR count). The predicted octanol–water partition coefficient (Wildman–Crippen LogP) is 1.20. The van der Waals surface area contributed by atoms with Crippen LogP contribution in [0.2, 0.25) is 0 Å². The van der Waals surface area contributed by atoms with E-state index in [2.05, 4.69) is 32.3 Å². The van der Waals surface area contributed by atoms with E-state index >= 15 is 0 Å². The number of ether oxygens (including phenoxy) is 1. The van der Waals surface area contributed by atoms with Crippen LogP contribution in [0.5, 0.6) is 0 Å². The lowest BCUT2D eigenvalue weighted by Gasteiger charge is -2.36. The molecule has 6 heteroatoms. The smallest absolute Gasteiger partial charge is 0.0933 e. The zero-order chi connectivity index (χ0) is 12.3. The maximum absolute atomic E-state index is 9.15. The number of morpholine rings is 1. The molecule has 0 radical (unpaired) electrons. The van der Waals surface area contributed by atoms with Gasteiger partial charge in [-0.1, -0.05) is 0 Å². The Hall–Kier alpha value is 0.0200. The number of nitrogens with zero attached hydrogens (tertiary/aromatic N) is 1. The summed E-state index contributed by atoms with van der Waals surface area (Å²) in [7, 11) is 0. The van der Waals surface area contributed by atoms with Crippen molar-refractivity contribution in [1.29, 1.82) is 0 Å². The molecule has 2 unspecified atom stereocenters. The third kappa shape index (κ3) is 3.27. The minimum atomic E-state index is -0.0822. The molecule has 0 amide bonds. The van der Waals surface area contributed by atoms with E-state index in [1.165, 1.54) is 4.88 Å². The van der Waals surface area contributed by atoms with E-state index in [1.807, 2.05) is 0 Å². The van der Waals surface area contributed by atoms with Crippen molar-refractivity contribution in [3.8, 4) is 0 Å². The highest BCUT2D eigenvalue weighted by atomic mass is 79.9. The number of halogens is 1. The van der Waals surface area contributed by atoms with Crippen LogP contribution in [0.4, 0.5) is 0 Å². The molecule has 96 valence electrons. The van der Waals surface area contributed by atoms with Gasteiger partial charge in [0, 0.05) is 34.4 Å². The van der Waals surface area contributed by atoms with Gasteiger partial charge in [-0.05, 0) is 22.0 Å². The van der Waals surface area contributed by atoms with Crippen molar-refractivity contribution in [3.05, 3.63) is 20.8 Å². The first-order chi connectivity index (χ1) is 8.24. The van der Waals surface area contributed by atoms with Gasteiger partial charge in [0.2, 0.25) is 0 Å². The van der Waals surface area contributed by atoms with Crippen molar-refractivity contribution in [1.82, 2.24) is 4.90 Å². The maximum Gasteiger partial charge on any atom is 0.0933 e. The fourth-order valence-electron chi connectivity index (χ4n) is 2.08. The Morgan fingerprint density at radius 2 is 2.53 bits per heavy atom. The van der Waals surface area contributed by atoms with E-state index in [4.69, 9.17) is 15.6 Å². The minimum absolute atomic E-state index is 0.0714. The van der Waals surface area contributed by atoms with Gasteiger partial charge in [0.15, 0.2) is 0 Å². The van der Waals surface area contributed by atoms with Crippen LogP contribution in [0, 0.1) is 0 Å². The molecule has 0 spiro atoms. The van der Waals surface area contributed by atoms with Crippen LogP contribution in [0.15, 0.2) is 15.9 Å². The fraction of sp³-hybridized carbons (Fsp3) is 0.636. The summed E-state index contributed by atoms with van der Waals surface area (Å²) in [4.78, 5) is 3.56. The van der Waals surface area contributed by atoms with E-state index in [0.29, 0.717) is 13.2 Å².